The Balaban J connectivity index is 1.54. The first kappa shape index (κ1) is 20.7. The van der Waals surface area contributed by atoms with Gasteiger partial charge in [-0.3, -0.25) is 4.99 Å². The zero-order chi connectivity index (χ0) is 20.5. The summed E-state index contributed by atoms with van der Waals surface area (Å²) in [4.78, 5) is 9.82. The van der Waals surface area contributed by atoms with Gasteiger partial charge in [-0.2, -0.15) is 0 Å². The van der Waals surface area contributed by atoms with E-state index in [1.54, 1.807) is 25.5 Å². The lowest BCUT2D eigenvalue weighted by Crippen LogP contribution is -2.36. The van der Waals surface area contributed by atoms with Gasteiger partial charge >= 0.3 is 0 Å². The van der Waals surface area contributed by atoms with Gasteiger partial charge < -0.3 is 20.1 Å². The quantitative estimate of drug-likeness (QED) is 0.435. The van der Waals surface area contributed by atoms with Crippen molar-refractivity contribution in [2.45, 2.75) is 26.6 Å². The number of nitrogens with zero attached hydrogens (tertiary/aromatic N) is 2. The molecule has 0 saturated heterocycles. The number of aliphatic imine (C=N–C) groups is 1. The average Bonchev–Trinajstić information content (AvgIpc) is 3.18. The number of hydrogen-bond acceptors (Lipinski definition) is 5. The molecular formula is C22H26N4O2S. The van der Waals surface area contributed by atoms with Gasteiger partial charge in [0.25, 0.3) is 0 Å². The van der Waals surface area contributed by atoms with Crippen molar-refractivity contribution < 1.29 is 9.47 Å². The first-order valence-electron chi connectivity index (χ1n) is 9.37. The van der Waals surface area contributed by atoms with Crippen LogP contribution in [-0.4, -0.2) is 25.1 Å². The van der Waals surface area contributed by atoms with Crippen LogP contribution >= 0.6 is 11.3 Å². The second-order valence-corrected chi connectivity index (χ2v) is 7.72. The molecule has 1 heterocycles. The van der Waals surface area contributed by atoms with Gasteiger partial charge in [0.15, 0.2) is 17.5 Å². The van der Waals surface area contributed by atoms with E-state index in [0.717, 1.165) is 27.8 Å². The van der Waals surface area contributed by atoms with E-state index >= 15 is 0 Å². The van der Waals surface area contributed by atoms with Gasteiger partial charge in [0.1, 0.15) is 11.6 Å². The molecule has 0 bridgehead atoms. The van der Waals surface area contributed by atoms with E-state index in [2.05, 4.69) is 27.5 Å². The predicted octanol–water partition coefficient (Wildman–Crippen LogP) is 3.90. The highest BCUT2D eigenvalue weighted by molar-refractivity contribution is 7.11. The van der Waals surface area contributed by atoms with Crippen LogP contribution in [0.15, 0.2) is 59.7 Å². The third-order valence-electron chi connectivity index (χ3n) is 4.22. The molecule has 0 unspecified atom stereocenters. The van der Waals surface area contributed by atoms with Gasteiger partial charge in [0.2, 0.25) is 0 Å². The molecule has 6 nitrogen and oxygen atoms in total. The second kappa shape index (κ2) is 10.5. The van der Waals surface area contributed by atoms with Crippen LogP contribution in [0.5, 0.6) is 11.5 Å². The number of nitrogens with one attached hydrogen (secondary N) is 2. The van der Waals surface area contributed by atoms with Crippen LogP contribution in [0.2, 0.25) is 0 Å². The third-order valence-corrected chi connectivity index (χ3v) is 5.14. The Morgan fingerprint density at radius 3 is 2.52 bits per heavy atom. The van der Waals surface area contributed by atoms with Crippen molar-refractivity contribution >= 4 is 17.3 Å². The topological polar surface area (TPSA) is 67.8 Å². The monoisotopic (exact) mass is 410 g/mol. The van der Waals surface area contributed by atoms with E-state index in [1.807, 2.05) is 54.7 Å². The van der Waals surface area contributed by atoms with Crippen molar-refractivity contribution in [2.24, 2.45) is 4.99 Å². The summed E-state index contributed by atoms with van der Waals surface area (Å²) in [7, 11) is 3.40. The highest BCUT2D eigenvalue weighted by atomic mass is 32.1. The van der Waals surface area contributed by atoms with Crippen molar-refractivity contribution in [1.82, 2.24) is 15.6 Å². The van der Waals surface area contributed by atoms with Crippen molar-refractivity contribution in [1.29, 1.82) is 0 Å². The smallest absolute Gasteiger partial charge is 0.191 e. The molecule has 29 heavy (non-hydrogen) atoms. The molecule has 3 aromatic rings. The first-order valence-corrected chi connectivity index (χ1v) is 10.2. The van der Waals surface area contributed by atoms with Gasteiger partial charge in [-0.15, -0.1) is 11.3 Å². The Morgan fingerprint density at radius 1 is 1.03 bits per heavy atom. The molecule has 1 aromatic heterocycles. The SMILES string of the molecule is CN=C(NCc1ccc(OCc2ccccc2)c(OC)c1)NCc1ncc(C)s1. The fourth-order valence-electron chi connectivity index (χ4n) is 2.73. The van der Waals surface area contributed by atoms with Gasteiger partial charge in [0, 0.05) is 24.7 Å². The summed E-state index contributed by atoms with van der Waals surface area (Å²) in [5.74, 6) is 2.16. The minimum Gasteiger partial charge on any atom is -0.493 e. The second-order valence-electron chi connectivity index (χ2n) is 6.40. The molecular weight excluding hydrogens is 384 g/mol. The summed E-state index contributed by atoms with van der Waals surface area (Å²) in [6.45, 7) is 3.82. The maximum Gasteiger partial charge on any atom is 0.191 e. The molecule has 2 N–H and O–H groups in total. The van der Waals surface area contributed by atoms with Gasteiger partial charge in [-0.05, 0) is 30.2 Å². The molecule has 152 valence electrons. The van der Waals surface area contributed by atoms with E-state index in [4.69, 9.17) is 9.47 Å². The molecule has 0 aliphatic heterocycles. The summed E-state index contributed by atoms with van der Waals surface area (Å²) < 4.78 is 11.4. The number of hydrogen-bond donors (Lipinski definition) is 2. The maximum absolute atomic E-state index is 5.92. The molecule has 0 amide bonds. The largest absolute Gasteiger partial charge is 0.493 e. The standard InChI is InChI=1S/C22H26N4O2S/c1-16-12-24-21(29-16)14-26-22(23-2)25-13-18-9-10-19(20(11-18)27-3)28-15-17-7-5-4-6-8-17/h4-12H,13-15H2,1-3H3,(H2,23,25,26). The fourth-order valence-corrected chi connectivity index (χ4v) is 3.45. The van der Waals surface area contributed by atoms with Crippen molar-refractivity contribution in [2.75, 3.05) is 14.2 Å². The number of ether oxygens (including phenoxy) is 2. The molecule has 0 fully saturated rings. The Labute approximate surface area is 175 Å². The fraction of sp³-hybridized carbons (Fsp3) is 0.273. The molecule has 0 aliphatic rings. The minimum atomic E-state index is 0.502. The molecule has 0 aliphatic carbocycles. The summed E-state index contributed by atoms with van der Waals surface area (Å²) in [6, 6.07) is 16.0. The summed E-state index contributed by atoms with van der Waals surface area (Å²) in [5.41, 5.74) is 2.19. The molecule has 0 saturated carbocycles. The first-order chi connectivity index (χ1) is 14.2. The van der Waals surface area contributed by atoms with Crippen LogP contribution in [0.3, 0.4) is 0 Å². The third kappa shape index (κ3) is 6.22. The predicted molar refractivity (Wildman–Crippen MR) is 118 cm³/mol. The Bertz CT molecular complexity index is 941. The number of aromatic nitrogens is 1. The van der Waals surface area contributed by atoms with Gasteiger partial charge in [0.05, 0.1) is 13.7 Å². The number of rotatable bonds is 8. The zero-order valence-electron chi connectivity index (χ0n) is 16.9. The average molecular weight is 411 g/mol. The van der Waals surface area contributed by atoms with Crippen LogP contribution < -0.4 is 20.1 Å². The van der Waals surface area contributed by atoms with E-state index in [0.29, 0.717) is 25.4 Å². The lowest BCUT2D eigenvalue weighted by Gasteiger charge is -2.14. The molecule has 0 atom stereocenters. The molecule has 0 radical (unpaired) electrons. The van der Waals surface area contributed by atoms with Crippen molar-refractivity contribution in [3.05, 3.63) is 75.7 Å². The van der Waals surface area contributed by atoms with Crippen LogP contribution in [0.25, 0.3) is 0 Å². The highest BCUT2D eigenvalue weighted by Crippen LogP contribution is 2.28. The van der Waals surface area contributed by atoms with Gasteiger partial charge in [-0.1, -0.05) is 36.4 Å². The van der Waals surface area contributed by atoms with E-state index in [9.17, 15) is 0 Å². The van der Waals surface area contributed by atoms with Gasteiger partial charge in [-0.25, -0.2) is 4.98 Å². The molecule has 3 rings (SSSR count). The normalized spacial score (nSPS) is 11.2. The number of thiazole rings is 1. The van der Waals surface area contributed by atoms with E-state index in [-0.39, 0.29) is 0 Å². The molecule has 2 aromatic carbocycles. The van der Waals surface area contributed by atoms with Crippen molar-refractivity contribution in [3.8, 4) is 11.5 Å². The number of aryl methyl sites for hydroxylation is 1. The van der Waals surface area contributed by atoms with Crippen molar-refractivity contribution in [3.63, 3.8) is 0 Å². The maximum atomic E-state index is 5.92. The Kier molecular flexibility index (Phi) is 7.47. The van der Waals surface area contributed by atoms with E-state index < -0.39 is 0 Å². The summed E-state index contributed by atoms with van der Waals surface area (Å²) in [5, 5.41) is 7.62. The number of methoxy groups -OCH3 is 1. The number of guanidine groups is 1. The zero-order valence-corrected chi connectivity index (χ0v) is 17.8. The Morgan fingerprint density at radius 2 is 1.83 bits per heavy atom. The molecule has 7 heteroatoms. The Hall–Kier alpha value is -3.06. The van der Waals surface area contributed by atoms with E-state index in [1.165, 1.54) is 4.88 Å². The summed E-state index contributed by atoms with van der Waals surface area (Å²) in [6.07, 6.45) is 1.88. The van der Waals surface area contributed by atoms with Crippen LogP contribution in [0.4, 0.5) is 0 Å². The van der Waals surface area contributed by atoms with Crippen LogP contribution in [-0.2, 0) is 19.7 Å². The summed E-state index contributed by atoms with van der Waals surface area (Å²) >= 11 is 1.68. The van der Waals surface area contributed by atoms with Crippen LogP contribution in [0, 0.1) is 6.92 Å². The van der Waals surface area contributed by atoms with Crippen LogP contribution in [0.1, 0.15) is 21.0 Å². The number of benzene rings is 2. The lowest BCUT2D eigenvalue weighted by atomic mass is 10.2. The lowest BCUT2D eigenvalue weighted by molar-refractivity contribution is 0.284. The minimum absolute atomic E-state index is 0.502. The highest BCUT2D eigenvalue weighted by Gasteiger charge is 2.08. The molecule has 0 spiro atoms.